The third-order valence-electron chi connectivity index (χ3n) is 2.99. The Hall–Kier alpha value is -1.75. The summed E-state index contributed by atoms with van der Waals surface area (Å²) in [6.07, 6.45) is 6.97. The maximum Gasteiger partial charge on any atom is 0.258 e. The maximum atomic E-state index is 5.28. The zero-order valence-electron chi connectivity index (χ0n) is 9.47. The first-order valence-electron chi connectivity index (χ1n) is 5.91. The molecule has 0 radical (unpaired) electrons. The van der Waals surface area contributed by atoms with E-state index in [4.69, 9.17) is 4.52 Å². The first-order chi connectivity index (χ1) is 8.43. The Morgan fingerprint density at radius 3 is 2.88 bits per heavy atom. The van der Waals surface area contributed by atoms with Gasteiger partial charge < -0.3 is 9.84 Å². The molecule has 5 nitrogen and oxygen atoms in total. The minimum absolute atomic E-state index is 0.239. The Morgan fingerprint density at radius 2 is 2.12 bits per heavy atom. The van der Waals surface area contributed by atoms with Gasteiger partial charge in [0.1, 0.15) is 0 Å². The van der Waals surface area contributed by atoms with E-state index in [9.17, 15) is 0 Å². The predicted octanol–water partition coefficient (Wildman–Crippen LogP) is 1.95. The van der Waals surface area contributed by atoms with Crippen LogP contribution in [0.25, 0.3) is 11.5 Å². The van der Waals surface area contributed by atoms with Gasteiger partial charge in [0, 0.05) is 18.0 Å². The Labute approximate surface area is 99.3 Å². The van der Waals surface area contributed by atoms with Crippen molar-refractivity contribution in [2.24, 2.45) is 0 Å². The number of rotatable bonds is 2. The van der Waals surface area contributed by atoms with Crippen molar-refractivity contribution in [2.75, 3.05) is 6.54 Å². The Balaban J connectivity index is 1.83. The highest BCUT2D eigenvalue weighted by molar-refractivity contribution is 5.51. The number of nitrogens with zero attached hydrogens (tertiary/aromatic N) is 3. The van der Waals surface area contributed by atoms with E-state index in [0.29, 0.717) is 5.89 Å². The molecular formula is C12H14N4O. The van der Waals surface area contributed by atoms with E-state index in [-0.39, 0.29) is 6.04 Å². The lowest BCUT2D eigenvalue weighted by atomic mass is 10.0. The van der Waals surface area contributed by atoms with E-state index >= 15 is 0 Å². The number of piperidine rings is 1. The molecule has 0 amide bonds. The molecule has 1 aliphatic rings. The van der Waals surface area contributed by atoms with Crippen molar-refractivity contribution in [1.82, 2.24) is 20.4 Å². The maximum absolute atomic E-state index is 5.28. The lowest BCUT2D eigenvalue weighted by molar-refractivity contribution is 0.367. The number of pyridine rings is 1. The molecule has 17 heavy (non-hydrogen) atoms. The fraction of sp³-hybridized carbons (Fsp3) is 0.417. The molecule has 88 valence electrons. The molecule has 5 heteroatoms. The second-order valence-electron chi connectivity index (χ2n) is 4.20. The molecule has 3 heterocycles. The van der Waals surface area contributed by atoms with Crippen molar-refractivity contribution in [2.45, 2.75) is 25.3 Å². The summed E-state index contributed by atoms with van der Waals surface area (Å²) in [5, 5.41) is 7.45. The van der Waals surface area contributed by atoms with Crippen molar-refractivity contribution >= 4 is 0 Å². The SMILES string of the molecule is c1cc(-c2nc(C3CCCCN3)no2)ccn1. The average Bonchev–Trinajstić information content (AvgIpc) is 2.90. The molecule has 1 unspecified atom stereocenters. The summed E-state index contributed by atoms with van der Waals surface area (Å²) < 4.78 is 5.28. The fourth-order valence-corrected chi connectivity index (χ4v) is 2.06. The molecular weight excluding hydrogens is 216 g/mol. The van der Waals surface area contributed by atoms with Gasteiger partial charge in [-0.15, -0.1) is 0 Å². The molecule has 0 bridgehead atoms. The van der Waals surface area contributed by atoms with E-state index in [1.54, 1.807) is 12.4 Å². The molecule has 1 fully saturated rings. The van der Waals surface area contributed by atoms with Gasteiger partial charge in [-0.2, -0.15) is 4.98 Å². The van der Waals surface area contributed by atoms with Crippen LogP contribution in [0.2, 0.25) is 0 Å². The van der Waals surface area contributed by atoms with E-state index in [2.05, 4.69) is 20.4 Å². The van der Waals surface area contributed by atoms with Crippen molar-refractivity contribution < 1.29 is 4.52 Å². The molecule has 0 saturated carbocycles. The highest BCUT2D eigenvalue weighted by Gasteiger charge is 2.20. The largest absolute Gasteiger partial charge is 0.334 e. The third-order valence-corrected chi connectivity index (χ3v) is 2.99. The van der Waals surface area contributed by atoms with Crippen LogP contribution in [0.3, 0.4) is 0 Å². The van der Waals surface area contributed by atoms with Crippen LogP contribution >= 0.6 is 0 Å². The number of nitrogens with one attached hydrogen (secondary N) is 1. The molecule has 3 rings (SSSR count). The summed E-state index contributed by atoms with van der Waals surface area (Å²) in [5.74, 6) is 1.33. The molecule has 1 saturated heterocycles. The van der Waals surface area contributed by atoms with Crippen LogP contribution in [0.4, 0.5) is 0 Å². The van der Waals surface area contributed by atoms with Crippen LogP contribution in [0, 0.1) is 0 Å². The van der Waals surface area contributed by atoms with E-state index < -0.39 is 0 Å². The van der Waals surface area contributed by atoms with Crippen LogP contribution < -0.4 is 5.32 Å². The Kier molecular flexibility index (Phi) is 2.83. The van der Waals surface area contributed by atoms with Crippen LogP contribution in [0.1, 0.15) is 31.1 Å². The molecule has 1 atom stereocenters. The summed E-state index contributed by atoms with van der Waals surface area (Å²) in [6, 6.07) is 3.97. The highest BCUT2D eigenvalue weighted by Crippen LogP contribution is 2.23. The molecule has 2 aromatic heterocycles. The Morgan fingerprint density at radius 1 is 1.24 bits per heavy atom. The van der Waals surface area contributed by atoms with Gasteiger partial charge in [0.15, 0.2) is 5.82 Å². The summed E-state index contributed by atoms with van der Waals surface area (Å²) in [6.45, 7) is 1.03. The lowest BCUT2D eigenvalue weighted by Gasteiger charge is -2.19. The van der Waals surface area contributed by atoms with Gasteiger partial charge >= 0.3 is 0 Å². The number of aromatic nitrogens is 3. The molecule has 0 aromatic carbocycles. The minimum Gasteiger partial charge on any atom is -0.334 e. The van der Waals surface area contributed by atoms with Gasteiger partial charge in [-0.1, -0.05) is 11.6 Å². The fourth-order valence-electron chi connectivity index (χ4n) is 2.06. The molecule has 2 aromatic rings. The predicted molar refractivity (Wildman–Crippen MR) is 62.1 cm³/mol. The minimum atomic E-state index is 0.239. The van der Waals surface area contributed by atoms with Gasteiger partial charge in [0.25, 0.3) is 5.89 Å². The first-order valence-corrected chi connectivity index (χ1v) is 5.91. The van der Waals surface area contributed by atoms with Crippen LogP contribution in [0.15, 0.2) is 29.0 Å². The molecule has 1 aliphatic heterocycles. The van der Waals surface area contributed by atoms with Crippen molar-refractivity contribution in [1.29, 1.82) is 0 Å². The number of hydrogen-bond donors (Lipinski definition) is 1. The van der Waals surface area contributed by atoms with Gasteiger partial charge in [-0.25, -0.2) is 0 Å². The summed E-state index contributed by atoms with van der Waals surface area (Å²) in [4.78, 5) is 8.40. The topological polar surface area (TPSA) is 63.8 Å². The summed E-state index contributed by atoms with van der Waals surface area (Å²) >= 11 is 0. The lowest BCUT2D eigenvalue weighted by Crippen LogP contribution is -2.27. The summed E-state index contributed by atoms with van der Waals surface area (Å²) in [7, 11) is 0. The monoisotopic (exact) mass is 230 g/mol. The number of hydrogen-bond acceptors (Lipinski definition) is 5. The summed E-state index contributed by atoms with van der Waals surface area (Å²) in [5.41, 5.74) is 0.912. The van der Waals surface area contributed by atoms with E-state index in [1.165, 1.54) is 12.8 Å². The third kappa shape index (κ3) is 2.19. The quantitative estimate of drug-likeness (QED) is 0.854. The smallest absolute Gasteiger partial charge is 0.258 e. The molecule has 0 spiro atoms. The van der Waals surface area contributed by atoms with Gasteiger partial charge in [-0.3, -0.25) is 4.98 Å². The normalized spacial score (nSPS) is 20.4. The molecule has 0 aliphatic carbocycles. The van der Waals surface area contributed by atoms with Crippen molar-refractivity contribution in [3.05, 3.63) is 30.4 Å². The zero-order chi connectivity index (χ0) is 11.5. The second kappa shape index (κ2) is 4.63. The van der Waals surface area contributed by atoms with E-state index in [1.807, 2.05) is 12.1 Å². The van der Waals surface area contributed by atoms with Crippen LogP contribution in [0.5, 0.6) is 0 Å². The average molecular weight is 230 g/mol. The standard InChI is InChI=1S/C12H14N4O/c1-2-6-14-10(3-1)11-15-12(17-16-11)9-4-7-13-8-5-9/h4-5,7-8,10,14H,1-3,6H2. The van der Waals surface area contributed by atoms with E-state index in [0.717, 1.165) is 24.4 Å². The first kappa shape index (κ1) is 10.4. The van der Waals surface area contributed by atoms with Crippen molar-refractivity contribution in [3.63, 3.8) is 0 Å². The Bertz CT molecular complexity index is 476. The van der Waals surface area contributed by atoms with Crippen LogP contribution in [-0.4, -0.2) is 21.7 Å². The zero-order valence-corrected chi connectivity index (χ0v) is 9.47. The second-order valence-corrected chi connectivity index (χ2v) is 4.20. The molecule has 1 N–H and O–H groups in total. The van der Waals surface area contributed by atoms with Gasteiger partial charge in [0.05, 0.1) is 6.04 Å². The highest BCUT2D eigenvalue weighted by atomic mass is 16.5. The van der Waals surface area contributed by atoms with Gasteiger partial charge in [-0.05, 0) is 31.5 Å². The van der Waals surface area contributed by atoms with Crippen molar-refractivity contribution in [3.8, 4) is 11.5 Å². The van der Waals surface area contributed by atoms with Crippen LogP contribution in [-0.2, 0) is 0 Å². The van der Waals surface area contributed by atoms with Gasteiger partial charge in [0.2, 0.25) is 0 Å².